The number of aryl methyl sites for hydroxylation is 2. The van der Waals surface area contributed by atoms with Gasteiger partial charge in [0.2, 0.25) is 0 Å². The van der Waals surface area contributed by atoms with Crippen LogP contribution in [0.4, 0.5) is 0 Å². The summed E-state index contributed by atoms with van der Waals surface area (Å²) >= 11 is 1.74. The van der Waals surface area contributed by atoms with Crippen LogP contribution in [0.3, 0.4) is 0 Å². The molecular weight excluding hydrogens is 218 g/mol. The molecule has 1 aromatic heterocycles. The number of thioether (sulfide) groups is 1. The lowest BCUT2D eigenvalue weighted by atomic mass is 10.2. The summed E-state index contributed by atoms with van der Waals surface area (Å²) < 4.78 is 0. The number of hydrogen-bond acceptors (Lipinski definition) is 4. The maximum absolute atomic E-state index is 5.45. The summed E-state index contributed by atoms with van der Waals surface area (Å²) in [6.45, 7) is 6.95. The van der Waals surface area contributed by atoms with E-state index in [1.807, 2.05) is 13.8 Å². The van der Waals surface area contributed by atoms with Gasteiger partial charge in [0.05, 0.1) is 0 Å². The van der Waals surface area contributed by atoms with E-state index in [1.165, 1.54) is 18.4 Å². The molecule has 16 heavy (non-hydrogen) atoms. The van der Waals surface area contributed by atoms with Gasteiger partial charge in [-0.1, -0.05) is 18.2 Å². The fourth-order valence-electron chi connectivity index (χ4n) is 1.39. The first-order valence-corrected chi connectivity index (χ1v) is 6.78. The molecule has 1 aromatic rings. The molecule has 0 aliphatic carbocycles. The van der Waals surface area contributed by atoms with Crippen LogP contribution in [0.1, 0.15) is 36.2 Å². The van der Waals surface area contributed by atoms with E-state index >= 15 is 0 Å². The summed E-state index contributed by atoms with van der Waals surface area (Å²) in [5.41, 5.74) is 8.84. The fraction of sp³-hybridized carbons (Fsp3) is 0.667. The summed E-state index contributed by atoms with van der Waals surface area (Å²) in [6.07, 6.45) is 3.51. The number of aromatic nitrogens is 2. The van der Waals surface area contributed by atoms with Crippen LogP contribution in [0.15, 0.2) is 5.16 Å². The normalized spacial score (nSPS) is 10.8. The van der Waals surface area contributed by atoms with Gasteiger partial charge in [0.1, 0.15) is 0 Å². The Kier molecular flexibility index (Phi) is 5.77. The van der Waals surface area contributed by atoms with Crippen LogP contribution < -0.4 is 5.73 Å². The van der Waals surface area contributed by atoms with Gasteiger partial charge < -0.3 is 5.73 Å². The lowest BCUT2D eigenvalue weighted by Crippen LogP contribution is -1.99. The first kappa shape index (κ1) is 13.5. The first-order valence-electron chi connectivity index (χ1n) is 5.80. The predicted octanol–water partition coefficient (Wildman–Crippen LogP) is 2.62. The van der Waals surface area contributed by atoms with Crippen molar-refractivity contribution in [3.05, 3.63) is 17.0 Å². The molecule has 0 amide bonds. The van der Waals surface area contributed by atoms with Gasteiger partial charge in [-0.05, 0) is 45.7 Å². The Labute approximate surface area is 102 Å². The van der Waals surface area contributed by atoms with Crippen molar-refractivity contribution in [3.8, 4) is 0 Å². The quantitative estimate of drug-likeness (QED) is 0.471. The zero-order valence-electron chi connectivity index (χ0n) is 10.4. The Hall–Kier alpha value is -0.610. The third kappa shape index (κ3) is 4.10. The lowest BCUT2D eigenvalue weighted by molar-refractivity contribution is 0.731. The molecule has 0 radical (unpaired) electrons. The first-order chi connectivity index (χ1) is 7.65. The molecule has 0 bridgehead atoms. The summed E-state index contributed by atoms with van der Waals surface area (Å²) in [6, 6.07) is 0. The average Bonchev–Trinajstić information content (AvgIpc) is 2.25. The van der Waals surface area contributed by atoms with Gasteiger partial charge in [-0.25, -0.2) is 9.97 Å². The van der Waals surface area contributed by atoms with E-state index in [0.29, 0.717) is 0 Å². The molecule has 0 spiro atoms. The van der Waals surface area contributed by atoms with Crippen molar-refractivity contribution in [1.82, 2.24) is 9.97 Å². The van der Waals surface area contributed by atoms with Gasteiger partial charge in [-0.3, -0.25) is 0 Å². The second-order valence-electron chi connectivity index (χ2n) is 4.00. The molecule has 0 saturated carbocycles. The minimum absolute atomic E-state index is 0.796. The van der Waals surface area contributed by atoms with Crippen LogP contribution in [0.25, 0.3) is 0 Å². The molecule has 0 aliphatic heterocycles. The molecule has 0 saturated heterocycles. The zero-order chi connectivity index (χ0) is 12.0. The highest BCUT2D eigenvalue weighted by Crippen LogP contribution is 2.18. The molecular formula is C12H21N3S. The van der Waals surface area contributed by atoms with Crippen molar-refractivity contribution >= 4 is 11.8 Å². The van der Waals surface area contributed by atoms with Gasteiger partial charge in [0.25, 0.3) is 0 Å². The molecule has 1 heterocycles. The number of unbranched alkanes of at least 4 members (excludes halogenated alkanes) is 2. The molecule has 90 valence electrons. The van der Waals surface area contributed by atoms with Crippen LogP contribution >= 0.6 is 11.8 Å². The maximum Gasteiger partial charge on any atom is 0.187 e. The summed E-state index contributed by atoms with van der Waals surface area (Å²) in [5, 5.41) is 0.911. The topological polar surface area (TPSA) is 51.8 Å². The largest absolute Gasteiger partial charge is 0.330 e. The molecule has 1 rings (SSSR count). The molecule has 0 unspecified atom stereocenters. The van der Waals surface area contributed by atoms with Crippen LogP contribution in [-0.2, 0) is 0 Å². The van der Waals surface area contributed by atoms with Crippen molar-refractivity contribution in [2.24, 2.45) is 5.73 Å². The Morgan fingerprint density at radius 3 is 2.19 bits per heavy atom. The Morgan fingerprint density at radius 1 is 1.00 bits per heavy atom. The molecule has 0 aromatic carbocycles. The average molecular weight is 239 g/mol. The van der Waals surface area contributed by atoms with E-state index in [0.717, 1.165) is 35.3 Å². The van der Waals surface area contributed by atoms with Gasteiger partial charge in [-0.2, -0.15) is 0 Å². The third-order valence-corrected chi connectivity index (χ3v) is 3.63. The van der Waals surface area contributed by atoms with E-state index in [2.05, 4.69) is 16.9 Å². The van der Waals surface area contributed by atoms with Crippen molar-refractivity contribution < 1.29 is 0 Å². The molecule has 0 atom stereocenters. The van der Waals surface area contributed by atoms with Crippen LogP contribution in [0.2, 0.25) is 0 Å². The van der Waals surface area contributed by atoms with Crippen molar-refractivity contribution in [2.45, 2.75) is 45.2 Å². The lowest BCUT2D eigenvalue weighted by Gasteiger charge is -2.06. The van der Waals surface area contributed by atoms with Gasteiger partial charge >= 0.3 is 0 Å². The van der Waals surface area contributed by atoms with Crippen molar-refractivity contribution in [3.63, 3.8) is 0 Å². The minimum Gasteiger partial charge on any atom is -0.330 e. The van der Waals surface area contributed by atoms with Crippen molar-refractivity contribution in [2.75, 3.05) is 12.3 Å². The van der Waals surface area contributed by atoms with Gasteiger partial charge in [0.15, 0.2) is 5.16 Å². The smallest absolute Gasteiger partial charge is 0.187 e. The van der Waals surface area contributed by atoms with E-state index in [9.17, 15) is 0 Å². The zero-order valence-corrected chi connectivity index (χ0v) is 11.2. The number of nitrogens with two attached hydrogens (primary N) is 1. The highest BCUT2D eigenvalue weighted by molar-refractivity contribution is 7.99. The minimum atomic E-state index is 0.796. The second-order valence-corrected chi connectivity index (χ2v) is 5.06. The number of nitrogens with zero attached hydrogens (tertiary/aromatic N) is 2. The highest BCUT2D eigenvalue weighted by Gasteiger charge is 2.04. The van der Waals surface area contributed by atoms with Gasteiger partial charge in [-0.15, -0.1) is 0 Å². The predicted molar refractivity (Wildman–Crippen MR) is 69.9 cm³/mol. The third-order valence-electron chi connectivity index (χ3n) is 2.69. The number of rotatable bonds is 6. The van der Waals surface area contributed by atoms with Crippen LogP contribution in [0, 0.1) is 20.8 Å². The Balaban J connectivity index is 2.43. The molecule has 4 heteroatoms. The van der Waals surface area contributed by atoms with Crippen LogP contribution in [-0.4, -0.2) is 22.3 Å². The fourth-order valence-corrected chi connectivity index (χ4v) is 2.33. The van der Waals surface area contributed by atoms with E-state index in [1.54, 1.807) is 11.8 Å². The molecule has 2 N–H and O–H groups in total. The summed E-state index contributed by atoms with van der Waals surface area (Å²) in [5.74, 6) is 1.09. The number of hydrogen-bond donors (Lipinski definition) is 1. The van der Waals surface area contributed by atoms with Crippen LogP contribution in [0.5, 0.6) is 0 Å². The Morgan fingerprint density at radius 2 is 1.62 bits per heavy atom. The van der Waals surface area contributed by atoms with E-state index in [4.69, 9.17) is 5.73 Å². The van der Waals surface area contributed by atoms with Crippen molar-refractivity contribution in [1.29, 1.82) is 0 Å². The highest BCUT2D eigenvalue weighted by atomic mass is 32.2. The van der Waals surface area contributed by atoms with Gasteiger partial charge in [0, 0.05) is 17.1 Å². The van der Waals surface area contributed by atoms with E-state index < -0.39 is 0 Å². The summed E-state index contributed by atoms with van der Waals surface area (Å²) in [7, 11) is 0. The second kappa shape index (κ2) is 6.86. The van der Waals surface area contributed by atoms with E-state index in [-0.39, 0.29) is 0 Å². The molecule has 0 fully saturated rings. The summed E-state index contributed by atoms with van der Waals surface area (Å²) in [4.78, 5) is 8.96. The monoisotopic (exact) mass is 239 g/mol. The molecule has 0 aliphatic rings. The SMILES string of the molecule is Cc1nc(SCCCCCN)nc(C)c1C. The standard InChI is InChI=1S/C12H21N3S/c1-9-10(2)14-12(15-11(9)3)16-8-6-4-5-7-13/h4-8,13H2,1-3H3. The maximum atomic E-state index is 5.45. The molecule has 3 nitrogen and oxygen atoms in total. The Bertz CT molecular complexity index is 316.